The lowest BCUT2D eigenvalue weighted by Crippen LogP contribution is -2.71. The first-order valence-electron chi connectivity index (χ1n) is 16.6. The number of fused-ring (bicyclic) bond motifs is 2. The van der Waals surface area contributed by atoms with Gasteiger partial charge in [0.05, 0.1) is 67.0 Å². The van der Waals surface area contributed by atoms with Gasteiger partial charge in [-0.25, -0.2) is 4.79 Å². The molecular formula is C38H48N2O10. The van der Waals surface area contributed by atoms with Gasteiger partial charge in [0, 0.05) is 36.6 Å². The number of methoxy groups -OCH3 is 6. The summed E-state index contributed by atoms with van der Waals surface area (Å²) in [4.78, 5) is 32.3. The van der Waals surface area contributed by atoms with Crippen molar-refractivity contribution >= 4 is 12.0 Å². The quantitative estimate of drug-likeness (QED) is 0.228. The first-order chi connectivity index (χ1) is 24.1. The summed E-state index contributed by atoms with van der Waals surface area (Å²) in [5, 5.41) is 0. The Kier molecular flexibility index (Phi) is 11.6. The lowest BCUT2D eigenvalue weighted by atomic mass is 9.81. The number of piperazine rings is 1. The Hall–Kier alpha value is -4.68. The summed E-state index contributed by atoms with van der Waals surface area (Å²) in [5.41, 5.74) is 4.04. The van der Waals surface area contributed by atoms with Crippen LogP contribution in [0.3, 0.4) is 0 Å². The smallest absolute Gasteiger partial charge is 0.412 e. The second-order valence-electron chi connectivity index (χ2n) is 12.5. The van der Waals surface area contributed by atoms with E-state index in [9.17, 15) is 4.79 Å². The fourth-order valence-electron chi connectivity index (χ4n) is 7.26. The van der Waals surface area contributed by atoms with Crippen LogP contribution in [0.4, 0.5) is 4.79 Å². The monoisotopic (exact) mass is 692 g/mol. The minimum Gasteiger partial charge on any atom is -0.496 e. The molecule has 2 aliphatic rings. The summed E-state index contributed by atoms with van der Waals surface area (Å²) in [6.45, 7) is 5.87. The minimum atomic E-state index is -1.00. The molecule has 0 aromatic heterocycles. The van der Waals surface area contributed by atoms with Crippen molar-refractivity contribution in [3.8, 4) is 28.7 Å². The van der Waals surface area contributed by atoms with Gasteiger partial charge in [-0.1, -0.05) is 36.4 Å². The Morgan fingerprint density at radius 2 is 1.50 bits per heavy atom. The van der Waals surface area contributed by atoms with E-state index in [2.05, 4.69) is 0 Å². The van der Waals surface area contributed by atoms with Crippen LogP contribution in [0.5, 0.6) is 28.7 Å². The van der Waals surface area contributed by atoms with Gasteiger partial charge in [0.25, 0.3) is 0 Å². The predicted molar refractivity (Wildman–Crippen MR) is 185 cm³/mol. The Morgan fingerprint density at radius 3 is 2.10 bits per heavy atom. The van der Waals surface area contributed by atoms with Gasteiger partial charge in [-0.15, -0.1) is 0 Å². The molecule has 0 saturated carbocycles. The Labute approximate surface area is 294 Å². The standard InChI is InChI=1S/C38H48N2O10/c1-22(2)50-38(42)40-27(17-25-15-16-30(43-4)31(18-25)44-5)36(41)39-28(37(40)48-9)19-26-32(29(39)21-49-20-24-13-11-10-12-14-24)35(47-8)34(46-7)23(3)33(26)45-6/h10-16,18,22,27-29,37H,17,19-21H2,1-9H3/t27-,28-,29-,37+/m0/s1. The number of hydrogen-bond donors (Lipinski definition) is 0. The van der Waals surface area contributed by atoms with E-state index in [1.165, 1.54) is 12.0 Å². The zero-order valence-corrected chi connectivity index (χ0v) is 30.3. The van der Waals surface area contributed by atoms with Crippen molar-refractivity contribution in [3.05, 3.63) is 76.3 Å². The lowest BCUT2D eigenvalue weighted by molar-refractivity contribution is -0.180. The third-order valence-corrected chi connectivity index (χ3v) is 9.31. The van der Waals surface area contributed by atoms with E-state index in [1.807, 2.05) is 43.3 Å². The molecule has 270 valence electrons. The number of nitrogens with zero attached hydrogens (tertiary/aromatic N) is 2. The number of ether oxygens (including phenoxy) is 8. The molecule has 0 spiro atoms. The van der Waals surface area contributed by atoms with Gasteiger partial charge in [0.15, 0.2) is 29.2 Å². The minimum absolute atomic E-state index is 0.117. The van der Waals surface area contributed by atoms with Crippen molar-refractivity contribution < 1.29 is 47.5 Å². The largest absolute Gasteiger partial charge is 0.496 e. The normalized spacial score (nSPS) is 19.8. The molecule has 4 atom stereocenters. The van der Waals surface area contributed by atoms with Gasteiger partial charge in [-0.05, 0) is 44.0 Å². The maximum Gasteiger partial charge on any atom is 0.412 e. The Bertz CT molecular complexity index is 1660. The van der Waals surface area contributed by atoms with Crippen molar-refractivity contribution in [2.24, 2.45) is 0 Å². The van der Waals surface area contributed by atoms with Crippen LogP contribution in [0, 0.1) is 6.92 Å². The highest BCUT2D eigenvalue weighted by Crippen LogP contribution is 2.52. The third-order valence-electron chi connectivity index (χ3n) is 9.31. The molecule has 0 radical (unpaired) electrons. The summed E-state index contributed by atoms with van der Waals surface area (Å²) >= 11 is 0. The molecule has 0 N–H and O–H groups in total. The molecule has 0 aliphatic carbocycles. The number of hydrogen-bond acceptors (Lipinski definition) is 10. The second-order valence-corrected chi connectivity index (χ2v) is 12.5. The summed E-state index contributed by atoms with van der Waals surface area (Å²) in [6, 6.07) is 13.0. The molecule has 50 heavy (non-hydrogen) atoms. The predicted octanol–water partition coefficient (Wildman–Crippen LogP) is 5.49. The van der Waals surface area contributed by atoms with Crippen LogP contribution < -0.4 is 23.7 Å². The van der Waals surface area contributed by atoms with E-state index >= 15 is 4.79 Å². The number of benzene rings is 3. The van der Waals surface area contributed by atoms with E-state index in [-0.39, 0.29) is 18.9 Å². The van der Waals surface area contributed by atoms with Crippen LogP contribution in [0.15, 0.2) is 48.5 Å². The fraction of sp³-hybridized carbons (Fsp3) is 0.474. The van der Waals surface area contributed by atoms with Crippen molar-refractivity contribution in [1.29, 1.82) is 0 Å². The number of amides is 2. The number of carbonyl (C=O) groups is 2. The van der Waals surface area contributed by atoms with E-state index in [4.69, 9.17) is 37.9 Å². The van der Waals surface area contributed by atoms with Crippen LogP contribution in [0.2, 0.25) is 0 Å². The van der Waals surface area contributed by atoms with Gasteiger partial charge in [-0.3, -0.25) is 9.69 Å². The molecule has 2 heterocycles. The molecule has 3 aromatic rings. The maximum atomic E-state index is 15.1. The molecule has 0 bridgehead atoms. The first-order valence-corrected chi connectivity index (χ1v) is 16.6. The molecule has 3 aromatic carbocycles. The summed E-state index contributed by atoms with van der Waals surface area (Å²) < 4.78 is 47.2. The fourth-order valence-corrected chi connectivity index (χ4v) is 7.26. The zero-order chi connectivity index (χ0) is 36.1. The average Bonchev–Trinajstić information content (AvgIpc) is 3.11. The van der Waals surface area contributed by atoms with Gasteiger partial charge in [0.2, 0.25) is 5.91 Å². The maximum absolute atomic E-state index is 15.1. The summed E-state index contributed by atoms with van der Waals surface area (Å²) in [5.74, 6) is 2.36. The van der Waals surface area contributed by atoms with E-state index in [1.54, 1.807) is 66.4 Å². The summed E-state index contributed by atoms with van der Waals surface area (Å²) in [7, 11) is 9.41. The van der Waals surface area contributed by atoms with Crippen molar-refractivity contribution in [2.45, 2.75) is 70.7 Å². The molecule has 2 aliphatic heterocycles. The van der Waals surface area contributed by atoms with Crippen molar-refractivity contribution in [2.75, 3.05) is 49.3 Å². The number of rotatable bonds is 13. The molecule has 12 nitrogen and oxygen atoms in total. The van der Waals surface area contributed by atoms with Crippen LogP contribution in [0.1, 0.15) is 47.7 Å². The zero-order valence-electron chi connectivity index (χ0n) is 30.3. The summed E-state index contributed by atoms with van der Waals surface area (Å²) in [6.07, 6.45) is -1.51. The highest BCUT2D eigenvalue weighted by Gasteiger charge is 2.55. The van der Waals surface area contributed by atoms with Crippen molar-refractivity contribution in [1.82, 2.24) is 9.80 Å². The average molecular weight is 693 g/mol. The molecular weight excluding hydrogens is 644 g/mol. The third kappa shape index (κ3) is 6.86. The molecule has 12 heteroatoms. The molecule has 2 amide bonds. The van der Waals surface area contributed by atoms with Crippen LogP contribution in [0.25, 0.3) is 0 Å². The van der Waals surface area contributed by atoms with Gasteiger partial charge < -0.3 is 42.8 Å². The van der Waals surface area contributed by atoms with Crippen LogP contribution in [-0.4, -0.2) is 95.5 Å². The van der Waals surface area contributed by atoms with Crippen molar-refractivity contribution in [3.63, 3.8) is 0 Å². The molecule has 5 rings (SSSR count). The van der Waals surface area contributed by atoms with E-state index in [0.29, 0.717) is 41.8 Å². The Balaban J connectivity index is 1.68. The highest BCUT2D eigenvalue weighted by molar-refractivity contribution is 5.89. The van der Waals surface area contributed by atoms with Crippen LogP contribution >= 0.6 is 0 Å². The van der Waals surface area contributed by atoms with Gasteiger partial charge >= 0.3 is 6.09 Å². The highest BCUT2D eigenvalue weighted by atomic mass is 16.6. The topological polar surface area (TPSA) is 114 Å². The number of carbonyl (C=O) groups excluding carboxylic acids is 2. The lowest BCUT2D eigenvalue weighted by Gasteiger charge is -2.54. The molecule has 0 unspecified atom stereocenters. The molecule has 1 saturated heterocycles. The molecule has 1 fully saturated rings. The van der Waals surface area contributed by atoms with Crippen LogP contribution in [-0.2, 0) is 38.5 Å². The first kappa shape index (κ1) is 36.6. The Morgan fingerprint density at radius 1 is 0.820 bits per heavy atom. The van der Waals surface area contributed by atoms with Gasteiger partial charge in [0.1, 0.15) is 11.8 Å². The van der Waals surface area contributed by atoms with Gasteiger partial charge in [-0.2, -0.15) is 0 Å². The van der Waals surface area contributed by atoms with E-state index < -0.39 is 36.6 Å². The van der Waals surface area contributed by atoms with E-state index in [0.717, 1.165) is 27.8 Å². The SMILES string of the molecule is COc1ccc(C[C@H]2C(=O)N3[C@@H](COCc4ccccc4)c4c(c(OC)c(C)c(OC)c4OC)C[C@H]3[C@@H](OC)N2C(=O)OC(C)C)cc1OC. The second kappa shape index (κ2) is 15.9.